The van der Waals surface area contributed by atoms with Gasteiger partial charge >= 0.3 is 0 Å². The molecule has 1 saturated heterocycles. The first kappa shape index (κ1) is 12.6. The van der Waals surface area contributed by atoms with Gasteiger partial charge < -0.3 is 4.74 Å². The van der Waals surface area contributed by atoms with Gasteiger partial charge in [0.15, 0.2) is 0 Å². The Hall–Kier alpha value is -1.90. The van der Waals surface area contributed by atoms with Gasteiger partial charge in [0.2, 0.25) is 0 Å². The second kappa shape index (κ2) is 6.15. The van der Waals surface area contributed by atoms with Gasteiger partial charge in [-0.1, -0.05) is 11.8 Å². The Morgan fingerprint density at radius 3 is 2.56 bits per heavy atom. The maximum Gasteiger partial charge on any atom is 0.269 e. The van der Waals surface area contributed by atoms with Gasteiger partial charge in [0.05, 0.1) is 24.7 Å². The molecule has 1 aromatic rings. The van der Waals surface area contributed by atoms with E-state index in [9.17, 15) is 10.1 Å². The summed E-state index contributed by atoms with van der Waals surface area (Å²) in [5.41, 5.74) is 0.891. The maximum atomic E-state index is 10.5. The van der Waals surface area contributed by atoms with Crippen LogP contribution in [-0.2, 0) is 4.74 Å². The molecule has 94 valence electrons. The first-order valence-electron chi connectivity index (χ1n) is 5.79. The summed E-state index contributed by atoms with van der Waals surface area (Å²) in [7, 11) is 0. The normalized spacial score (nSPS) is 15.8. The van der Waals surface area contributed by atoms with Crippen molar-refractivity contribution in [2.45, 2.75) is 0 Å². The third kappa shape index (κ3) is 3.55. The Balaban J connectivity index is 1.90. The van der Waals surface area contributed by atoms with E-state index in [0.717, 1.165) is 31.9 Å². The highest BCUT2D eigenvalue weighted by atomic mass is 16.6. The molecule has 0 atom stereocenters. The number of benzene rings is 1. The summed E-state index contributed by atoms with van der Waals surface area (Å²) in [5, 5.41) is 10.5. The molecule has 1 aliphatic heterocycles. The van der Waals surface area contributed by atoms with E-state index in [0.29, 0.717) is 6.54 Å². The fourth-order valence-corrected chi connectivity index (χ4v) is 1.68. The molecule has 0 aromatic heterocycles. The number of nitrogens with zero attached hydrogens (tertiary/aromatic N) is 2. The van der Waals surface area contributed by atoms with Crippen LogP contribution in [0.5, 0.6) is 0 Å². The molecule has 2 rings (SSSR count). The van der Waals surface area contributed by atoms with Crippen LogP contribution in [0.1, 0.15) is 5.56 Å². The van der Waals surface area contributed by atoms with Gasteiger partial charge in [-0.15, -0.1) is 0 Å². The fourth-order valence-electron chi connectivity index (χ4n) is 1.68. The molecular weight excluding hydrogens is 232 g/mol. The van der Waals surface area contributed by atoms with Crippen LogP contribution in [0.4, 0.5) is 5.69 Å². The van der Waals surface area contributed by atoms with E-state index in [1.165, 1.54) is 12.1 Å². The van der Waals surface area contributed by atoms with E-state index in [-0.39, 0.29) is 5.69 Å². The number of non-ortho nitro benzene ring substituents is 1. The van der Waals surface area contributed by atoms with Crippen LogP contribution >= 0.6 is 0 Å². The number of nitro benzene ring substituents is 1. The van der Waals surface area contributed by atoms with Gasteiger partial charge in [0, 0.05) is 30.8 Å². The zero-order valence-corrected chi connectivity index (χ0v) is 9.96. The molecule has 5 heteroatoms. The Morgan fingerprint density at radius 2 is 1.94 bits per heavy atom. The molecule has 18 heavy (non-hydrogen) atoms. The van der Waals surface area contributed by atoms with E-state index in [1.54, 1.807) is 12.1 Å². The standard InChI is InChI=1S/C13H14N2O3/c16-15(17)13-5-3-12(4-6-13)2-1-7-14-8-10-18-11-9-14/h3-6H,7-11H2. The average molecular weight is 246 g/mol. The molecule has 1 aliphatic rings. The van der Waals surface area contributed by atoms with Crippen molar-refractivity contribution >= 4 is 5.69 Å². The van der Waals surface area contributed by atoms with Crippen molar-refractivity contribution in [2.24, 2.45) is 0 Å². The van der Waals surface area contributed by atoms with Crippen LogP contribution < -0.4 is 0 Å². The second-order valence-corrected chi connectivity index (χ2v) is 3.99. The Labute approximate surface area is 106 Å². The van der Waals surface area contributed by atoms with E-state index in [1.807, 2.05) is 0 Å². The maximum absolute atomic E-state index is 10.5. The van der Waals surface area contributed by atoms with Crippen molar-refractivity contribution in [1.29, 1.82) is 0 Å². The zero-order valence-electron chi connectivity index (χ0n) is 9.96. The van der Waals surface area contributed by atoms with Crippen molar-refractivity contribution in [2.75, 3.05) is 32.8 Å². The number of ether oxygens (including phenoxy) is 1. The molecule has 0 radical (unpaired) electrons. The van der Waals surface area contributed by atoms with E-state index >= 15 is 0 Å². The van der Waals surface area contributed by atoms with Crippen LogP contribution in [0, 0.1) is 22.0 Å². The quantitative estimate of drug-likeness (QED) is 0.448. The lowest BCUT2D eigenvalue weighted by Crippen LogP contribution is -2.36. The molecule has 0 spiro atoms. The Morgan fingerprint density at radius 1 is 1.28 bits per heavy atom. The third-order valence-corrected chi connectivity index (χ3v) is 2.72. The minimum atomic E-state index is -0.412. The summed E-state index contributed by atoms with van der Waals surface area (Å²) in [4.78, 5) is 12.3. The smallest absolute Gasteiger partial charge is 0.269 e. The Kier molecular flexibility index (Phi) is 4.29. The van der Waals surface area contributed by atoms with Crippen LogP contribution in [0.2, 0.25) is 0 Å². The van der Waals surface area contributed by atoms with E-state index in [2.05, 4.69) is 16.7 Å². The molecule has 0 N–H and O–H groups in total. The van der Waals surface area contributed by atoms with Gasteiger partial charge in [-0.25, -0.2) is 0 Å². The molecule has 1 fully saturated rings. The van der Waals surface area contributed by atoms with Crippen LogP contribution in [-0.4, -0.2) is 42.7 Å². The number of morpholine rings is 1. The number of rotatable bonds is 2. The molecule has 0 saturated carbocycles. The molecule has 0 aliphatic carbocycles. The lowest BCUT2D eigenvalue weighted by molar-refractivity contribution is -0.384. The van der Waals surface area contributed by atoms with Crippen molar-refractivity contribution in [3.05, 3.63) is 39.9 Å². The van der Waals surface area contributed by atoms with Gasteiger partial charge in [-0.3, -0.25) is 15.0 Å². The van der Waals surface area contributed by atoms with Crippen LogP contribution in [0.25, 0.3) is 0 Å². The summed E-state index contributed by atoms with van der Waals surface area (Å²) in [6.07, 6.45) is 0. The monoisotopic (exact) mass is 246 g/mol. The van der Waals surface area contributed by atoms with Crippen molar-refractivity contribution in [3.63, 3.8) is 0 Å². The highest BCUT2D eigenvalue weighted by Gasteiger charge is 2.07. The summed E-state index contributed by atoms with van der Waals surface area (Å²) < 4.78 is 5.25. The summed E-state index contributed by atoms with van der Waals surface area (Å²) >= 11 is 0. The highest BCUT2D eigenvalue weighted by Crippen LogP contribution is 2.10. The first-order chi connectivity index (χ1) is 8.75. The topological polar surface area (TPSA) is 55.6 Å². The molecule has 0 unspecified atom stereocenters. The number of hydrogen-bond donors (Lipinski definition) is 0. The lowest BCUT2D eigenvalue weighted by Gasteiger charge is -2.24. The minimum absolute atomic E-state index is 0.0914. The largest absolute Gasteiger partial charge is 0.379 e. The highest BCUT2D eigenvalue weighted by molar-refractivity contribution is 5.41. The predicted molar refractivity (Wildman–Crippen MR) is 67.2 cm³/mol. The average Bonchev–Trinajstić information content (AvgIpc) is 2.40. The van der Waals surface area contributed by atoms with Gasteiger partial charge in [0.25, 0.3) is 5.69 Å². The lowest BCUT2D eigenvalue weighted by atomic mass is 10.2. The summed E-state index contributed by atoms with van der Waals surface area (Å²) in [6.45, 7) is 4.06. The van der Waals surface area contributed by atoms with Gasteiger partial charge in [-0.05, 0) is 12.1 Å². The second-order valence-electron chi connectivity index (χ2n) is 3.99. The molecule has 5 nitrogen and oxygen atoms in total. The zero-order chi connectivity index (χ0) is 12.8. The predicted octanol–water partition coefficient (Wildman–Crippen LogP) is 1.28. The van der Waals surface area contributed by atoms with Crippen molar-refractivity contribution in [1.82, 2.24) is 4.90 Å². The van der Waals surface area contributed by atoms with Crippen LogP contribution in [0.3, 0.4) is 0 Å². The van der Waals surface area contributed by atoms with Crippen molar-refractivity contribution in [3.8, 4) is 11.8 Å². The van der Waals surface area contributed by atoms with E-state index in [4.69, 9.17) is 4.74 Å². The fraction of sp³-hybridized carbons (Fsp3) is 0.385. The molecule has 1 aromatic carbocycles. The Bertz CT molecular complexity index is 467. The van der Waals surface area contributed by atoms with Gasteiger partial charge in [-0.2, -0.15) is 0 Å². The molecule has 0 amide bonds. The summed E-state index contributed by atoms with van der Waals surface area (Å²) in [5.74, 6) is 6.07. The number of hydrogen-bond acceptors (Lipinski definition) is 4. The van der Waals surface area contributed by atoms with Crippen LogP contribution in [0.15, 0.2) is 24.3 Å². The molecule has 1 heterocycles. The van der Waals surface area contributed by atoms with Crippen molar-refractivity contribution < 1.29 is 9.66 Å². The minimum Gasteiger partial charge on any atom is -0.379 e. The molecule has 0 bridgehead atoms. The number of nitro groups is 1. The third-order valence-electron chi connectivity index (χ3n) is 2.72. The summed E-state index contributed by atoms with van der Waals surface area (Å²) in [6, 6.07) is 6.28. The van der Waals surface area contributed by atoms with Gasteiger partial charge in [0.1, 0.15) is 0 Å². The first-order valence-corrected chi connectivity index (χ1v) is 5.79. The molecular formula is C13H14N2O3. The SMILES string of the molecule is O=[N+]([O-])c1ccc(C#CCN2CCOCC2)cc1. The van der Waals surface area contributed by atoms with E-state index < -0.39 is 4.92 Å².